The van der Waals surface area contributed by atoms with E-state index in [4.69, 9.17) is 8.85 Å². The van der Waals surface area contributed by atoms with Crippen LogP contribution in [0.3, 0.4) is 0 Å². The Morgan fingerprint density at radius 1 is 1.16 bits per heavy atom. The Balaban J connectivity index is 2.02. The van der Waals surface area contributed by atoms with E-state index >= 15 is 0 Å². The predicted molar refractivity (Wildman–Crippen MR) is 81.8 cm³/mol. The van der Waals surface area contributed by atoms with Crippen LogP contribution >= 0.6 is 0 Å². The van der Waals surface area contributed by atoms with E-state index in [1.165, 1.54) is 45.6 Å². The van der Waals surface area contributed by atoms with Crippen molar-refractivity contribution >= 4 is 0 Å². The zero-order chi connectivity index (χ0) is 16.1. The molecule has 0 aromatic heterocycles. The van der Waals surface area contributed by atoms with E-state index in [-0.39, 0.29) is 23.9 Å². The van der Waals surface area contributed by atoms with Gasteiger partial charge < -0.3 is 4.74 Å². The van der Waals surface area contributed by atoms with Crippen LogP contribution in [0.2, 0.25) is 0 Å². The summed E-state index contributed by atoms with van der Waals surface area (Å²) in [6.45, 7) is 2.24. The van der Waals surface area contributed by atoms with Gasteiger partial charge in [0.25, 0.3) is 0 Å². The minimum atomic E-state index is 0.0649. The molecule has 0 amide bonds. The number of methoxy groups -OCH3 is 1. The molecule has 0 N–H and O–H groups in total. The molecule has 0 radical (unpaired) electrons. The molecule has 1 aromatic rings. The fraction of sp³-hybridized carbons (Fsp3) is 0.667. The normalized spacial score (nSPS) is 25.5. The number of unbranched alkanes of at least 4 members (excludes halogenated alkanes) is 2. The van der Waals surface area contributed by atoms with Crippen molar-refractivity contribution in [2.45, 2.75) is 64.2 Å². The summed E-state index contributed by atoms with van der Waals surface area (Å²) in [5.41, 5.74) is 0.878. The monoisotopic (exact) mass is 263 g/mol. The fourth-order valence-electron chi connectivity index (χ4n) is 3.12. The van der Waals surface area contributed by atoms with E-state index in [0.717, 1.165) is 24.3 Å². The molecule has 1 heteroatoms. The lowest BCUT2D eigenvalue weighted by atomic mass is 9.77. The second-order valence-electron chi connectivity index (χ2n) is 5.74. The van der Waals surface area contributed by atoms with Crippen molar-refractivity contribution in [2.75, 3.05) is 7.11 Å². The van der Waals surface area contributed by atoms with Gasteiger partial charge in [-0.15, -0.1) is 0 Å². The van der Waals surface area contributed by atoms with Crippen molar-refractivity contribution < 1.29 is 8.85 Å². The number of hydrogen-bond acceptors (Lipinski definition) is 1. The van der Waals surface area contributed by atoms with E-state index in [1.54, 1.807) is 6.07 Å². The Labute approximate surface area is 122 Å². The van der Waals surface area contributed by atoms with Crippen LogP contribution in [0.25, 0.3) is 0 Å². The van der Waals surface area contributed by atoms with Crippen LogP contribution in [0, 0.1) is 5.92 Å². The average molecular weight is 263 g/mol. The van der Waals surface area contributed by atoms with Gasteiger partial charge in [0.2, 0.25) is 0 Å². The molecule has 0 aliphatic heterocycles. The lowest BCUT2D eigenvalue weighted by Gasteiger charge is -2.29. The Kier molecular flexibility index (Phi) is 4.29. The van der Waals surface area contributed by atoms with Gasteiger partial charge in [-0.25, -0.2) is 0 Å². The van der Waals surface area contributed by atoms with Crippen molar-refractivity contribution in [3.05, 3.63) is 29.8 Å². The molecule has 0 atom stereocenters. The standard InChI is InChI=1S/C18H28O/c1-3-4-5-6-15-7-9-16(10-8-15)17-11-13-18(19-2)14-12-17/h11-16H,3-10H2,1-2H3/i11D,13D,14D. The Hall–Kier alpha value is -0.980. The SMILES string of the molecule is [2H]c1cc(C2CCC(CCCCC)CC2)c([2H])c([2H])c1OC. The zero-order valence-corrected chi connectivity index (χ0v) is 12.3. The maximum absolute atomic E-state index is 8.21. The molecule has 2 rings (SSSR count). The van der Waals surface area contributed by atoms with Crippen molar-refractivity contribution in [2.24, 2.45) is 5.92 Å². The third-order valence-electron chi connectivity index (χ3n) is 4.39. The molecule has 0 spiro atoms. The molecule has 1 saturated carbocycles. The number of benzene rings is 1. The Bertz CT molecular complexity index is 494. The van der Waals surface area contributed by atoms with E-state index < -0.39 is 0 Å². The highest BCUT2D eigenvalue weighted by atomic mass is 16.5. The summed E-state index contributed by atoms with van der Waals surface area (Å²) < 4.78 is 29.3. The lowest BCUT2D eigenvalue weighted by Crippen LogP contribution is -2.13. The van der Waals surface area contributed by atoms with Crippen LogP contribution in [-0.4, -0.2) is 7.11 Å². The quantitative estimate of drug-likeness (QED) is 0.611. The summed E-state index contributed by atoms with van der Waals surface area (Å²) in [4.78, 5) is 0. The molecular weight excluding hydrogens is 232 g/mol. The van der Waals surface area contributed by atoms with Gasteiger partial charge in [-0.2, -0.15) is 0 Å². The summed E-state index contributed by atoms with van der Waals surface area (Å²) in [7, 11) is 1.46. The highest BCUT2D eigenvalue weighted by molar-refractivity contribution is 5.29. The minimum absolute atomic E-state index is 0.0649. The second-order valence-corrected chi connectivity index (χ2v) is 5.74. The third-order valence-corrected chi connectivity index (χ3v) is 4.39. The Morgan fingerprint density at radius 2 is 1.95 bits per heavy atom. The van der Waals surface area contributed by atoms with Gasteiger partial charge >= 0.3 is 0 Å². The molecule has 1 fully saturated rings. The molecule has 1 aliphatic rings. The van der Waals surface area contributed by atoms with Gasteiger partial charge in [0.15, 0.2) is 0 Å². The molecule has 0 heterocycles. The molecule has 0 saturated heterocycles. The first-order chi connectivity index (χ1) is 10.6. The predicted octanol–water partition coefficient (Wildman–Crippen LogP) is 5.55. The summed E-state index contributed by atoms with van der Waals surface area (Å²) in [6.07, 6.45) is 9.92. The van der Waals surface area contributed by atoms with Crippen LogP contribution in [0.4, 0.5) is 0 Å². The van der Waals surface area contributed by atoms with Crippen LogP contribution in [0.1, 0.15) is 73.9 Å². The van der Waals surface area contributed by atoms with Gasteiger partial charge in [-0.3, -0.25) is 0 Å². The summed E-state index contributed by atoms with van der Waals surface area (Å²) in [5.74, 6) is 1.40. The van der Waals surface area contributed by atoms with Crippen LogP contribution in [-0.2, 0) is 0 Å². The lowest BCUT2D eigenvalue weighted by molar-refractivity contribution is 0.302. The van der Waals surface area contributed by atoms with Crippen molar-refractivity contribution in [3.63, 3.8) is 0 Å². The molecule has 0 unspecified atom stereocenters. The molecule has 1 aromatic carbocycles. The molecule has 1 aliphatic carbocycles. The maximum atomic E-state index is 8.21. The topological polar surface area (TPSA) is 9.23 Å². The van der Waals surface area contributed by atoms with E-state index in [0.29, 0.717) is 5.92 Å². The highest BCUT2D eigenvalue weighted by Crippen LogP contribution is 2.38. The number of hydrogen-bond donors (Lipinski definition) is 0. The van der Waals surface area contributed by atoms with Crippen LogP contribution in [0.15, 0.2) is 24.2 Å². The van der Waals surface area contributed by atoms with Crippen LogP contribution < -0.4 is 4.74 Å². The summed E-state index contributed by atoms with van der Waals surface area (Å²) in [5, 5.41) is 0. The van der Waals surface area contributed by atoms with Crippen molar-refractivity contribution in [1.29, 1.82) is 0 Å². The highest BCUT2D eigenvalue weighted by Gasteiger charge is 2.21. The van der Waals surface area contributed by atoms with E-state index in [9.17, 15) is 0 Å². The summed E-state index contributed by atoms with van der Waals surface area (Å²) in [6, 6.07) is 2.31. The smallest absolute Gasteiger partial charge is 0.118 e. The van der Waals surface area contributed by atoms with Gasteiger partial charge in [0.1, 0.15) is 5.75 Å². The minimum Gasteiger partial charge on any atom is -0.497 e. The maximum Gasteiger partial charge on any atom is 0.118 e. The van der Waals surface area contributed by atoms with Gasteiger partial charge in [0.05, 0.1) is 11.2 Å². The van der Waals surface area contributed by atoms with Gasteiger partial charge in [-0.05, 0) is 55.2 Å². The molecule has 106 valence electrons. The number of rotatable bonds is 6. The fourth-order valence-corrected chi connectivity index (χ4v) is 3.12. The Morgan fingerprint density at radius 3 is 2.63 bits per heavy atom. The molecule has 0 bridgehead atoms. The van der Waals surface area contributed by atoms with Crippen molar-refractivity contribution in [1.82, 2.24) is 0 Å². The average Bonchev–Trinajstić information content (AvgIpc) is 2.52. The first kappa shape index (κ1) is 10.8. The third kappa shape index (κ3) is 4.26. The second kappa shape index (κ2) is 7.57. The van der Waals surface area contributed by atoms with Gasteiger partial charge in [0, 0.05) is 0 Å². The van der Waals surface area contributed by atoms with E-state index in [2.05, 4.69) is 6.92 Å². The van der Waals surface area contributed by atoms with Crippen LogP contribution in [0.5, 0.6) is 5.75 Å². The largest absolute Gasteiger partial charge is 0.497 e. The first-order valence-electron chi connectivity index (χ1n) is 9.23. The van der Waals surface area contributed by atoms with Gasteiger partial charge in [-0.1, -0.05) is 44.7 Å². The van der Waals surface area contributed by atoms with E-state index in [1.807, 2.05) is 0 Å². The molecular formula is C18H28O. The van der Waals surface area contributed by atoms with Crippen molar-refractivity contribution in [3.8, 4) is 5.75 Å². The molecule has 19 heavy (non-hydrogen) atoms. The molecule has 1 nitrogen and oxygen atoms in total. The zero-order valence-electron chi connectivity index (χ0n) is 15.3. The first-order valence-corrected chi connectivity index (χ1v) is 7.73. The summed E-state index contributed by atoms with van der Waals surface area (Å²) >= 11 is 0. The number of ether oxygens (including phenoxy) is 1.